The molecule has 0 unspecified atom stereocenters. The van der Waals surface area contributed by atoms with Crippen LogP contribution in [-0.4, -0.2) is 29.1 Å². The van der Waals surface area contributed by atoms with Gasteiger partial charge in [-0.3, -0.25) is 0 Å². The normalized spacial score (nSPS) is 14.2. The van der Waals surface area contributed by atoms with E-state index in [0.717, 1.165) is 32.0 Å². The Morgan fingerprint density at radius 1 is 1.19 bits per heavy atom. The Morgan fingerprint density at radius 2 is 1.94 bits per heavy atom. The van der Waals surface area contributed by atoms with Gasteiger partial charge in [-0.1, -0.05) is 29.8 Å². The first-order valence-corrected chi connectivity index (χ1v) is 11.0. The quantitative estimate of drug-likeness (QED) is 0.465. The van der Waals surface area contributed by atoms with Crippen LogP contribution in [0.3, 0.4) is 0 Å². The Kier molecular flexibility index (Phi) is 6.54. The smallest absolute Gasteiger partial charge is 0.224 e. The van der Waals surface area contributed by atoms with E-state index in [1.54, 1.807) is 6.20 Å². The summed E-state index contributed by atoms with van der Waals surface area (Å²) in [5.41, 5.74) is 1.44. The number of halogens is 3. The van der Waals surface area contributed by atoms with E-state index in [9.17, 15) is 4.39 Å². The molecule has 4 rings (SSSR count). The standard InChI is InChI=1S/C22H19BrClFN6/c23-17-13-27-22(28-15-6-8-31(9-7-15)16-4-2-1-3-5-16)30-21(17)29-20-18(24)10-14(12-26)11-19(20)25/h1-5,10-11,13,15H,6-9H2,(H2,27,28,29,30). The first kappa shape index (κ1) is 21.3. The summed E-state index contributed by atoms with van der Waals surface area (Å²) in [5.74, 6) is 0.205. The van der Waals surface area contributed by atoms with Gasteiger partial charge in [0.2, 0.25) is 5.95 Å². The summed E-state index contributed by atoms with van der Waals surface area (Å²) < 4.78 is 15.0. The molecule has 1 aromatic heterocycles. The number of nitriles is 1. The fraction of sp³-hybridized carbons (Fsp3) is 0.227. The summed E-state index contributed by atoms with van der Waals surface area (Å²) in [5, 5.41) is 15.3. The van der Waals surface area contributed by atoms with Crippen molar-refractivity contribution in [3.8, 4) is 6.07 Å². The molecule has 0 bridgehead atoms. The number of benzene rings is 2. The van der Waals surface area contributed by atoms with Gasteiger partial charge >= 0.3 is 0 Å². The summed E-state index contributed by atoms with van der Waals surface area (Å²) in [6, 6.07) is 15.0. The molecule has 1 aliphatic heterocycles. The van der Waals surface area contributed by atoms with Crippen LogP contribution >= 0.6 is 27.5 Å². The maximum Gasteiger partial charge on any atom is 0.224 e. The SMILES string of the molecule is N#Cc1cc(F)c(Nc2nc(NC3CCN(c4ccccc4)CC3)ncc2Br)c(Cl)c1. The lowest BCUT2D eigenvalue weighted by Gasteiger charge is -2.34. The summed E-state index contributed by atoms with van der Waals surface area (Å²) in [6.07, 6.45) is 3.51. The molecule has 0 radical (unpaired) electrons. The summed E-state index contributed by atoms with van der Waals surface area (Å²) in [6.45, 7) is 1.88. The zero-order valence-corrected chi connectivity index (χ0v) is 18.8. The first-order chi connectivity index (χ1) is 15.0. The minimum absolute atomic E-state index is 0.0576. The predicted octanol–water partition coefficient (Wildman–Crippen LogP) is 5.73. The Balaban J connectivity index is 1.44. The Morgan fingerprint density at radius 3 is 2.61 bits per heavy atom. The average molecular weight is 502 g/mol. The monoisotopic (exact) mass is 500 g/mol. The highest BCUT2D eigenvalue weighted by Gasteiger charge is 2.20. The number of hydrogen-bond acceptors (Lipinski definition) is 6. The molecular formula is C22H19BrClFN6. The molecule has 3 aromatic rings. The number of nitrogens with zero attached hydrogens (tertiary/aromatic N) is 4. The van der Waals surface area contributed by atoms with Gasteiger partial charge < -0.3 is 15.5 Å². The molecule has 1 fully saturated rings. The van der Waals surface area contributed by atoms with Crippen molar-refractivity contribution >= 4 is 50.7 Å². The van der Waals surface area contributed by atoms with Crippen LogP contribution in [0.5, 0.6) is 0 Å². The van der Waals surface area contributed by atoms with E-state index in [1.807, 2.05) is 24.3 Å². The van der Waals surface area contributed by atoms with Gasteiger partial charge in [0.25, 0.3) is 0 Å². The van der Waals surface area contributed by atoms with E-state index in [-0.39, 0.29) is 22.3 Å². The average Bonchev–Trinajstić information content (AvgIpc) is 2.79. The Hall–Kier alpha value is -2.89. The lowest BCUT2D eigenvalue weighted by Crippen LogP contribution is -2.39. The number of aromatic nitrogens is 2. The number of rotatable bonds is 5. The third kappa shape index (κ3) is 5.06. The second-order valence-corrected chi connectivity index (χ2v) is 8.44. The van der Waals surface area contributed by atoms with Crippen LogP contribution < -0.4 is 15.5 Å². The van der Waals surface area contributed by atoms with Gasteiger partial charge in [0.15, 0.2) is 5.82 Å². The minimum atomic E-state index is -0.627. The topological polar surface area (TPSA) is 76.9 Å². The maximum absolute atomic E-state index is 14.4. The summed E-state index contributed by atoms with van der Waals surface area (Å²) >= 11 is 9.53. The molecule has 2 aromatic carbocycles. The van der Waals surface area contributed by atoms with Gasteiger partial charge in [-0.05, 0) is 53.0 Å². The molecule has 0 spiro atoms. The number of piperidine rings is 1. The molecule has 1 aliphatic rings. The van der Waals surface area contributed by atoms with E-state index in [1.165, 1.54) is 11.8 Å². The number of para-hydroxylation sites is 1. The van der Waals surface area contributed by atoms with E-state index < -0.39 is 5.82 Å². The Bertz CT molecular complexity index is 1090. The van der Waals surface area contributed by atoms with E-state index in [0.29, 0.717) is 16.2 Å². The van der Waals surface area contributed by atoms with Crippen molar-refractivity contribution in [2.75, 3.05) is 28.6 Å². The molecule has 0 saturated carbocycles. The van der Waals surface area contributed by atoms with Gasteiger partial charge in [-0.2, -0.15) is 10.2 Å². The van der Waals surface area contributed by atoms with Crippen molar-refractivity contribution in [1.82, 2.24) is 9.97 Å². The molecule has 31 heavy (non-hydrogen) atoms. The van der Waals surface area contributed by atoms with Gasteiger partial charge in [0.1, 0.15) is 5.82 Å². The van der Waals surface area contributed by atoms with Crippen LogP contribution in [0, 0.1) is 17.1 Å². The molecule has 0 atom stereocenters. The lowest BCUT2D eigenvalue weighted by molar-refractivity contribution is 0.524. The second-order valence-electron chi connectivity index (χ2n) is 7.18. The van der Waals surface area contributed by atoms with Crippen LogP contribution in [0.4, 0.5) is 27.5 Å². The molecule has 158 valence electrons. The van der Waals surface area contributed by atoms with Crippen LogP contribution in [0.25, 0.3) is 0 Å². The van der Waals surface area contributed by atoms with E-state index >= 15 is 0 Å². The third-order valence-electron chi connectivity index (χ3n) is 5.11. The molecule has 2 heterocycles. The van der Waals surface area contributed by atoms with Crippen molar-refractivity contribution in [1.29, 1.82) is 5.26 Å². The van der Waals surface area contributed by atoms with Crippen molar-refractivity contribution in [3.05, 3.63) is 69.5 Å². The lowest BCUT2D eigenvalue weighted by atomic mass is 10.0. The second kappa shape index (κ2) is 9.50. The highest BCUT2D eigenvalue weighted by Crippen LogP contribution is 2.32. The van der Waals surface area contributed by atoms with Crippen molar-refractivity contribution in [2.45, 2.75) is 18.9 Å². The van der Waals surface area contributed by atoms with E-state index in [2.05, 4.69) is 53.6 Å². The molecule has 2 N–H and O–H groups in total. The molecule has 1 saturated heterocycles. The van der Waals surface area contributed by atoms with Gasteiger partial charge in [0, 0.05) is 31.0 Å². The fourth-order valence-corrected chi connectivity index (χ4v) is 4.05. The van der Waals surface area contributed by atoms with Crippen LogP contribution in [0.15, 0.2) is 53.1 Å². The van der Waals surface area contributed by atoms with E-state index in [4.69, 9.17) is 16.9 Å². The first-order valence-electron chi connectivity index (χ1n) is 9.78. The molecule has 9 heteroatoms. The van der Waals surface area contributed by atoms with Crippen molar-refractivity contribution < 1.29 is 4.39 Å². The Labute approximate surface area is 193 Å². The molecule has 0 amide bonds. The zero-order valence-electron chi connectivity index (χ0n) is 16.4. The highest BCUT2D eigenvalue weighted by atomic mass is 79.9. The van der Waals surface area contributed by atoms with Crippen LogP contribution in [-0.2, 0) is 0 Å². The van der Waals surface area contributed by atoms with Gasteiger partial charge in [-0.15, -0.1) is 0 Å². The predicted molar refractivity (Wildman–Crippen MR) is 124 cm³/mol. The fourth-order valence-electron chi connectivity index (χ4n) is 3.50. The van der Waals surface area contributed by atoms with Crippen molar-refractivity contribution in [2.24, 2.45) is 0 Å². The summed E-state index contributed by atoms with van der Waals surface area (Å²) in [7, 11) is 0. The van der Waals surface area contributed by atoms with Gasteiger partial charge in [-0.25, -0.2) is 9.37 Å². The van der Waals surface area contributed by atoms with Crippen LogP contribution in [0.2, 0.25) is 5.02 Å². The molecular weight excluding hydrogens is 483 g/mol. The maximum atomic E-state index is 14.4. The minimum Gasteiger partial charge on any atom is -0.371 e. The summed E-state index contributed by atoms with van der Waals surface area (Å²) in [4.78, 5) is 11.2. The van der Waals surface area contributed by atoms with Gasteiger partial charge in [0.05, 0.1) is 26.8 Å². The zero-order chi connectivity index (χ0) is 21.8. The third-order valence-corrected chi connectivity index (χ3v) is 5.99. The molecule has 6 nitrogen and oxygen atoms in total. The van der Waals surface area contributed by atoms with Crippen molar-refractivity contribution in [3.63, 3.8) is 0 Å². The highest BCUT2D eigenvalue weighted by molar-refractivity contribution is 9.10. The number of nitrogens with one attached hydrogen (secondary N) is 2. The molecule has 0 aliphatic carbocycles. The number of hydrogen-bond donors (Lipinski definition) is 2. The largest absolute Gasteiger partial charge is 0.371 e. The number of anilines is 4. The van der Waals surface area contributed by atoms with Crippen LogP contribution in [0.1, 0.15) is 18.4 Å².